The highest BCUT2D eigenvalue weighted by Crippen LogP contribution is 2.20. The monoisotopic (exact) mass is 311 g/mol. The van der Waals surface area contributed by atoms with Gasteiger partial charge >= 0.3 is 0 Å². The number of ether oxygens (including phenoxy) is 1. The average Bonchev–Trinajstić information content (AvgIpc) is 2.50. The maximum Gasteiger partial charge on any atom is 0.254 e. The van der Waals surface area contributed by atoms with Crippen LogP contribution in [0.15, 0.2) is 42.5 Å². The van der Waals surface area contributed by atoms with Crippen LogP contribution in [-0.2, 0) is 0 Å². The Hall–Kier alpha value is -2.56. The number of hydrogen-bond donors (Lipinski definition) is 0. The number of aryl methyl sites for hydroxylation is 1. The van der Waals surface area contributed by atoms with Crippen LogP contribution < -0.4 is 9.64 Å². The van der Waals surface area contributed by atoms with Crippen LogP contribution in [0.4, 0.5) is 5.69 Å². The number of hydrogen-bond acceptors (Lipinski definition) is 4. The van der Waals surface area contributed by atoms with E-state index in [0.29, 0.717) is 24.5 Å². The van der Waals surface area contributed by atoms with Gasteiger partial charge in [-0.05, 0) is 37.3 Å². The molecule has 3 rings (SSSR count). The van der Waals surface area contributed by atoms with Crippen molar-refractivity contribution in [1.82, 2.24) is 9.88 Å². The molecule has 0 saturated carbocycles. The molecule has 1 aromatic heterocycles. The summed E-state index contributed by atoms with van der Waals surface area (Å²) in [6.45, 7) is 3.13. The maximum atomic E-state index is 12.4. The van der Waals surface area contributed by atoms with Gasteiger partial charge in [-0.3, -0.25) is 4.79 Å². The molecular weight excluding hydrogens is 290 g/mol. The van der Waals surface area contributed by atoms with E-state index in [1.165, 1.54) is 0 Å². The van der Waals surface area contributed by atoms with Crippen molar-refractivity contribution >= 4 is 11.6 Å². The van der Waals surface area contributed by atoms with Crippen LogP contribution in [0.2, 0.25) is 0 Å². The number of aromatic nitrogens is 1. The molecule has 0 unspecified atom stereocenters. The number of nitrogens with zero attached hydrogens (tertiary/aromatic N) is 3. The van der Waals surface area contributed by atoms with E-state index in [4.69, 9.17) is 4.74 Å². The van der Waals surface area contributed by atoms with Gasteiger partial charge in [-0.15, -0.1) is 0 Å². The molecule has 2 heterocycles. The topological polar surface area (TPSA) is 45.7 Å². The Morgan fingerprint density at radius 1 is 1.17 bits per heavy atom. The first-order chi connectivity index (χ1) is 11.0. The maximum absolute atomic E-state index is 12.4. The number of carbonyl (C=O) groups is 1. The summed E-state index contributed by atoms with van der Waals surface area (Å²) in [6.07, 6.45) is 0.0225. The van der Waals surface area contributed by atoms with E-state index in [2.05, 4.69) is 4.98 Å². The summed E-state index contributed by atoms with van der Waals surface area (Å²) in [6, 6.07) is 13.3. The largest absolute Gasteiger partial charge is 0.471 e. The van der Waals surface area contributed by atoms with E-state index in [1.807, 2.05) is 68.4 Å². The van der Waals surface area contributed by atoms with Gasteiger partial charge in [-0.1, -0.05) is 6.07 Å². The van der Waals surface area contributed by atoms with E-state index in [9.17, 15) is 4.79 Å². The Balaban J connectivity index is 1.55. The zero-order valence-corrected chi connectivity index (χ0v) is 13.7. The van der Waals surface area contributed by atoms with Crippen molar-refractivity contribution < 1.29 is 9.53 Å². The molecule has 1 aliphatic rings. The van der Waals surface area contributed by atoms with Crippen molar-refractivity contribution in [3.63, 3.8) is 0 Å². The zero-order valence-electron chi connectivity index (χ0n) is 13.7. The molecule has 0 spiro atoms. The number of carbonyl (C=O) groups excluding carboxylic acids is 1. The molecule has 5 heteroatoms. The molecule has 0 N–H and O–H groups in total. The molecule has 2 aromatic rings. The normalized spacial score (nSPS) is 14.3. The fourth-order valence-electron chi connectivity index (χ4n) is 2.52. The third-order valence-electron chi connectivity index (χ3n) is 3.92. The number of likely N-dealkylation sites (tertiary alicyclic amines) is 1. The summed E-state index contributed by atoms with van der Waals surface area (Å²) >= 11 is 0. The van der Waals surface area contributed by atoms with Crippen LogP contribution in [0, 0.1) is 6.92 Å². The Labute approximate surface area is 136 Å². The fourth-order valence-corrected chi connectivity index (χ4v) is 2.52. The molecule has 5 nitrogen and oxygen atoms in total. The first-order valence-electron chi connectivity index (χ1n) is 7.70. The lowest BCUT2D eigenvalue weighted by molar-refractivity contribution is 0.0159. The summed E-state index contributed by atoms with van der Waals surface area (Å²) in [5.41, 5.74) is 2.72. The third-order valence-corrected chi connectivity index (χ3v) is 3.92. The molecular formula is C18H21N3O2. The van der Waals surface area contributed by atoms with E-state index in [-0.39, 0.29) is 12.0 Å². The first-order valence-corrected chi connectivity index (χ1v) is 7.70. The Morgan fingerprint density at radius 3 is 2.48 bits per heavy atom. The van der Waals surface area contributed by atoms with E-state index in [1.54, 1.807) is 4.90 Å². The van der Waals surface area contributed by atoms with E-state index < -0.39 is 0 Å². The molecule has 1 aromatic carbocycles. The summed E-state index contributed by atoms with van der Waals surface area (Å²) in [4.78, 5) is 20.5. The molecule has 0 bridgehead atoms. The van der Waals surface area contributed by atoms with Crippen molar-refractivity contribution in [2.24, 2.45) is 0 Å². The molecule has 0 atom stereocenters. The van der Waals surface area contributed by atoms with Crippen LogP contribution in [-0.4, -0.2) is 49.1 Å². The zero-order chi connectivity index (χ0) is 16.4. The van der Waals surface area contributed by atoms with E-state index >= 15 is 0 Å². The van der Waals surface area contributed by atoms with Crippen molar-refractivity contribution in [2.45, 2.75) is 13.0 Å². The number of amides is 1. The van der Waals surface area contributed by atoms with Crippen LogP contribution in [0.5, 0.6) is 5.88 Å². The Morgan fingerprint density at radius 2 is 1.87 bits per heavy atom. The van der Waals surface area contributed by atoms with Crippen molar-refractivity contribution in [1.29, 1.82) is 0 Å². The van der Waals surface area contributed by atoms with Crippen LogP contribution in [0.25, 0.3) is 0 Å². The molecule has 1 saturated heterocycles. The predicted molar refractivity (Wildman–Crippen MR) is 90.1 cm³/mol. The second-order valence-corrected chi connectivity index (χ2v) is 6.01. The molecule has 1 fully saturated rings. The fraction of sp³-hybridized carbons (Fsp3) is 0.333. The molecule has 23 heavy (non-hydrogen) atoms. The van der Waals surface area contributed by atoms with Gasteiger partial charge in [0, 0.05) is 37.1 Å². The number of anilines is 1. The highest BCUT2D eigenvalue weighted by atomic mass is 16.5. The number of pyridine rings is 1. The lowest BCUT2D eigenvalue weighted by atomic mass is 10.1. The molecule has 1 amide bonds. The van der Waals surface area contributed by atoms with Gasteiger partial charge in [0.1, 0.15) is 6.10 Å². The Kier molecular flexibility index (Phi) is 4.19. The van der Waals surface area contributed by atoms with Gasteiger partial charge in [-0.2, -0.15) is 0 Å². The summed E-state index contributed by atoms with van der Waals surface area (Å²) in [7, 11) is 3.96. The standard InChI is InChI=1S/C18H21N3O2/c1-13-5-4-6-17(19-13)23-16-11-21(12-16)18(22)14-7-9-15(10-8-14)20(2)3/h4-10,16H,11-12H2,1-3H3. The van der Waals surface area contributed by atoms with E-state index in [0.717, 1.165) is 11.4 Å². The van der Waals surface area contributed by atoms with Gasteiger partial charge in [-0.25, -0.2) is 4.98 Å². The number of benzene rings is 1. The highest BCUT2D eigenvalue weighted by molar-refractivity contribution is 5.95. The van der Waals surface area contributed by atoms with Crippen molar-refractivity contribution in [3.05, 3.63) is 53.7 Å². The number of rotatable bonds is 4. The lowest BCUT2D eigenvalue weighted by Crippen LogP contribution is -2.56. The van der Waals surface area contributed by atoms with Gasteiger partial charge in [0.05, 0.1) is 13.1 Å². The first kappa shape index (κ1) is 15.3. The Bertz CT molecular complexity index is 692. The van der Waals surface area contributed by atoms with Gasteiger partial charge < -0.3 is 14.5 Å². The second kappa shape index (κ2) is 6.28. The lowest BCUT2D eigenvalue weighted by Gasteiger charge is -2.38. The minimum absolute atomic E-state index is 0.0225. The van der Waals surface area contributed by atoms with Crippen molar-refractivity contribution in [2.75, 3.05) is 32.1 Å². The minimum Gasteiger partial charge on any atom is -0.471 e. The smallest absolute Gasteiger partial charge is 0.254 e. The quantitative estimate of drug-likeness (QED) is 0.869. The highest BCUT2D eigenvalue weighted by Gasteiger charge is 2.33. The van der Waals surface area contributed by atoms with Crippen LogP contribution in [0.1, 0.15) is 16.1 Å². The minimum atomic E-state index is 0.0225. The molecule has 0 aliphatic carbocycles. The van der Waals surface area contributed by atoms with Gasteiger partial charge in [0.15, 0.2) is 0 Å². The van der Waals surface area contributed by atoms with Crippen LogP contribution >= 0.6 is 0 Å². The van der Waals surface area contributed by atoms with Crippen molar-refractivity contribution in [3.8, 4) is 5.88 Å². The summed E-state index contributed by atoms with van der Waals surface area (Å²) < 4.78 is 5.79. The molecule has 120 valence electrons. The molecule has 1 aliphatic heterocycles. The summed E-state index contributed by atoms with van der Waals surface area (Å²) in [5, 5.41) is 0. The average molecular weight is 311 g/mol. The third kappa shape index (κ3) is 3.44. The SMILES string of the molecule is Cc1cccc(OC2CN(C(=O)c3ccc(N(C)C)cc3)C2)n1. The second-order valence-electron chi connectivity index (χ2n) is 6.01. The summed E-state index contributed by atoms with van der Waals surface area (Å²) in [5.74, 6) is 0.671. The van der Waals surface area contributed by atoms with Gasteiger partial charge in [0.25, 0.3) is 5.91 Å². The predicted octanol–water partition coefficient (Wildman–Crippen LogP) is 2.36. The molecule has 0 radical (unpaired) electrons. The van der Waals surface area contributed by atoms with Gasteiger partial charge in [0.2, 0.25) is 5.88 Å². The van der Waals surface area contributed by atoms with Crippen LogP contribution in [0.3, 0.4) is 0 Å².